The van der Waals surface area contributed by atoms with Gasteiger partial charge >= 0.3 is 6.09 Å². The van der Waals surface area contributed by atoms with Crippen LogP contribution in [-0.4, -0.2) is 77.4 Å². The van der Waals surface area contributed by atoms with E-state index in [1.165, 1.54) is 6.26 Å². The van der Waals surface area contributed by atoms with E-state index in [9.17, 15) is 9.59 Å². The number of oxazole rings is 2. The molecule has 2 aliphatic heterocycles. The lowest BCUT2D eigenvalue weighted by molar-refractivity contribution is 0.102. The number of morpholine rings is 1. The number of nitrogens with two attached hydrogens (primary N) is 1. The van der Waals surface area contributed by atoms with Crippen molar-refractivity contribution in [1.82, 2.24) is 19.9 Å². The average Bonchev–Trinajstić information content (AvgIpc) is 3.68. The van der Waals surface area contributed by atoms with Gasteiger partial charge in [-0.25, -0.2) is 14.8 Å². The van der Waals surface area contributed by atoms with Crippen LogP contribution in [0.25, 0.3) is 22.7 Å². The van der Waals surface area contributed by atoms with Gasteiger partial charge in [0, 0.05) is 49.6 Å². The van der Waals surface area contributed by atoms with Crippen LogP contribution >= 0.6 is 0 Å². The molecule has 4 aromatic heterocycles. The molecular formula is C25H26N8O6. The minimum Gasteiger partial charge on any atom is -0.444 e. The predicted molar refractivity (Wildman–Crippen MR) is 139 cm³/mol. The zero-order valence-electron chi connectivity index (χ0n) is 21.1. The maximum absolute atomic E-state index is 13.2. The van der Waals surface area contributed by atoms with Crippen LogP contribution in [0.15, 0.2) is 39.5 Å². The summed E-state index contributed by atoms with van der Waals surface area (Å²) in [5, 5.41) is 2.88. The second kappa shape index (κ2) is 10.2. The average molecular weight is 535 g/mol. The third kappa shape index (κ3) is 5.18. The van der Waals surface area contributed by atoms with Gasteiger partial charge < -0.3 is 39.2 Å². The fraction of sp³-hybridized carbons (Fsp3) is 0.360. The highest BCUT2D eigenvalue weighted by Gasteiger charge is 2.30. The van der Waals surface area contributed by atoms with Crippen LogP contribution in [0.1, 0.15) is 22.6 Å². The second-order valence-corrected chi connectivity index (χ2v) is 9.25. The highest BCUT2D eigenvalue weighted by Crippen LogP contribution is 2.33. The van der Waals surface area contributed by atoms with Gasteiger partial charge in [0.1, 0.15) is 12.4 Å². The minimum absolute atomic E-state index is 0.0912. The number of aromatic nitrogens is 4. The Kier molecular flexibility index (Phi) is 6.44. The molecule has 0 spiro atoms. The first-order valence-corrected chi connectivity index (χ1v) is 12.5. The van der Waals surface area contributed by atoms with E-state index in [2.05, 4.69) is 20.3 Å². The molecule has 6 heterocycles. The normalized spacial score (nSPS) is 17.5. The number of rotatable bonds is 6. The first-order valence-electron chi connectivity index (χ1n) is 12.5. The van der Waals surface area contributed by atoms with Crippen LogP contribution in [0.2, 0.25) is 0 Å². The number of carbonyl (C=O) groups is 2. The molecule has 14 nitrogen and oxygen atoms in total. The molecule has 6 rings (SSSR count). The molecule has 0 aromatic carbocycles. The third-order valence-electron chi connectivity index (χ3n) is 6.49. The van der Waals surface area contributed by atoms with E-state index in [1.807, 2.05) is 22.8 Å². The van der Waals surface area contributed by atoms with Crippen molar-refractivity contribution >= 4 is 40.8 Å². The van der Waals surface area contributed by atoms with Crippen molar-refractivity contribution in [2.24, 2.45) is 5.73 Å². The zero-order chi connectivity index (χ0) is 26.9. The summed E-state index contributed by atoms with van der Waals surface area (Å²) < 4.78 is 22.2. The van der Waals surface area contributed by atoms with Crippen LogP contribution in [0.5, 0.6) is 0 Å². The summed E-state index contributed by atoms with van der Waals surface area (Å²) in [4.78, 5) is 46.2. The number of fused-ring (bicyclic) bond motifs is 1. The maximum atomic E-state index is 13.2. The van der Waals surface area contributed by atoms with E-state index in [4.69, 9.17) is 29.0 Å². The Morgan fingerprint density at radius 1 is 1.13 bits per heavy atom. The molecule has 1 atom stereocenters. The summed E-state index contributed by atoms with van der Waals surface area (Å²) in [5.41, 5.74) is 8.00. The van der Waals surface area contributed by atoms with Crippen LogP contribution in [0.4, 0.5) is 22.3 Å². The standard InChI is InChI=1S/C25H26N8O6/c1-14-10-15(2-4-27-14)23-29-18(13-37-23)22(34)28-17-11-19-20(31-25(39-19)32-6-8-36-9-7-32)30-21(17)33-5-3-16(12-33)38-24(26)35/h2,4,10-11,13,16H,3,5-9,12H2,1H3,(H2,26,35)(H,28,34)/t16-/m1/s1. The van der Waals surface area contributed by atoms with Gasteiger partial charge in [-0.05, 0) is 19.1 Å². The number of anilines is 3. The van der Waals surface area contributed by atoms with Gasteiger partial charge in [0.2, 0.25) is 11.5 Å². The molecule has 0 unspecified atom stereocenters. The number of nitrogens with zero attached hydrogens (tertiary/aromatic N) is 6. The van der Waals surface area contributed by atoms with Crippen molar-refractivity contribution in [2.45, 2.75) is 19.4 Å². The fourth-order valence-corrected chi connectivity index (χ4v) is 4.62. The zero-order valence-corrected chi connectivity index (χ0v) is 21.1. The Bertz CT molecular complexity index is 1530. The summed E-state index contributed by atoms with van der Waals surface area (Å²) >= 11 is 0. The summed E-state index contributed by atoms with van der Waals surface area (Å²) in [7, 11) is 0. The lowest BCUT2D eigenvalue weighted by atomic mass is 10.2. The Morgan fingerprint density at radius 2 is 1.97 bits per heavy atom. The number of nitrogens with one attached hydrogen (secondary N) is 1. The Labute approximate surface area is 222 Å². The summed E-state index contributed by atoms with van der Waals surface area (Å²) in [6, 6.07) is 5.68. The van der Waals surface area contributed by atoms with E-state index < -0.39 is 18.1 Å². The number of hydrogen-bond acceptors (Lipinski definition) is 12. The first kappa shape index (κ1) is 24.6. The maximum Gasteiger partial charge on any atom is 0.404 e. The van der Waals surface area contributed by atoms with Gasteiger partial charge in [0.05, 0.1) is 25.4 Å². The van der Waals surface area contributed by atoms with E-state index >= 15 is 0 Å². The third-order valence-corrected chi connectivity index (χ3v) is 6.49. The van der Waals surface area contributed by atoms with E-state index in [1.54, 1.807) is 18.3 Å². The number of aryl methyl sites for hydroxylation is 1. The lowest BCUT2D eigenvalue weighted by Crippen LogP contribution is -2.36. The molecule has 3 N–H and O–H groups in total. The summed E-state index contributed by atoms with van der Waals surface area (Å²) in [5.74, 6) is 0.271. The van der Waals surface area contributed by atoms with Crippen molar-refractivity contribution in [2.75, 3.05) is 54.5 Å². The Hall–Kier alpha value is -4.72. The van der Waals surface area contributed by atoms with Crippen LogP contribution < -0.4 is 20.9 Å². The second-order valence-electron chi connectivity index (χ2n) is 9.25. The van der Waals surface area contributed by atoms with Crippen LogP contribution in [0, 0.1) is 6.92 Å². The fourth-order valence-electron chi connectivity index (χ4n) is 4.62. The van der Waals surface area contributed by atoms with Gasteiger partial charge in [-0.1, -0.05) is 0 Å². The number of carbonyl (C=O) groups excluding carboxylic acids is 2. The molecule has 0 aliphatic carbocycles. The van der Waals surface area contributed by atoms with Crippen molar-refractivity contribution in [3.8, 4) is 11.5 Å². The quantitative estimate of drug-likeness (QED) is 0.370. The molecular weight excluding hydrogens is 508 g/mol. The minimum atomic E-state index is -0.836. The van der Waals surface area contributed by atoms with E-state index in [0.717, 1.165) is 5.69 Å². The molecule has 4 aromatic rings. The van der Waals surface area contributed by atoms with Crippen LogP contribution in [0.3, 0.4) is 0 Å². The van der Waals surface area contributed by atoms with E-state index in [0.29, 0.717) is 86.0 Å². The van der Waals surface area contributed by atoms with E-state index in [-0.39, 0.29) is 5.69 Å². The highest BCUT2D eigenvalue weighted by atomic mass is 16.6. The number of pyridine rings is 2. The first-order chi connectivity index (χ1) is 18.9. The molecule has 39 heavy (non-hydrogen) atoms. The molecule has 2 aliphatic rings. The number of amides is 2. The lowest BCUT2D eigenvalue weighted by Gasteiger charge is -2.24. The number of ether oxygens (including phenoxy) is 2. The largest absolute Gasteiger partial charge is 0.444 e. The van der Waals surface area contributed by atoms with Gasteiger partial charge in [-0.15, -0.1) is 0 Å². The highest BCUT2D eigenvalue weighted by molar-refractivity contribution is 6.05. The molecule has 0 saturated carbocycles. The molecule has 0 bridgehead atoms. The van der Waals surface area contributed by atoms with Crippen molar-refractivity contribution in [1.29, 1.82) is 0 Å². The predicted octanol–water partition coefficient (Wildman–Crippen LogP) is 2.34. The number of primary amides is 1. The molecule has 2 amide bonds. The van der Waals surface area contributed by atoms with Gasteiger partial charge in [0.25, 0.3) is 11.9 Å². The summed E-state index contributed by atoms with van der Waals surface area (Å²) in [6.07, 6.45) is 2.27. The van der Waals surface area contributed by atoms with Crippen molar-refractivity contribution < 1.29 is 27.9 Å². The van der Waals surface area contributed by atoms with Gasteiger partial charge in [-0.2, -0.15) is 4.98 Å². The molecule has 202 valence electrons. The SMILES string of the molecule is Cc1cc(-c2nc(C(=O)Nc3cc4oc(N5CCOCC5)nc4nc3N3CC[C@@H](OC(N)=O)C3)co2)ccn1. The van der Waals surface area contributed by atoms with Crippen LogP contribution in [-0.2, 0) is 9.47 Å². The van der Waals surface area contributed by atoms with Crippen molar-refractivity contribution in [3.63, 3.8) is 0 Å². The molecule has 0 radical (unpaired) electrons. The topological polar surface area (TPSA) is 175 Å². The monoisotopic (exact) mass is 534 g/mol. The smallest absolute Gasteiger partial charge is 0.404 e. The molecule has 14 heteroatoms. The number of hydrogen-bond donors (Lipinski definition) is 2. The summed E-state index contributed by atoms with van der Waals surface area (Å²) in [6.45, 7) is 5.19. The Balaban J connectivity index is 1.31. The Morgan fingerprint density at radius 3 is 2.77 bits per heavy atom. The van der Waals surface area contributed by atoms with Gasteiger partial charge in [0.15, 0.2) is 17.1 Å². The van der Waals surface area contributed by atoms with Gasteiger partial charge in [-0.3, -0.25) is 9.78 Å². The van der Waals surface area contributed by atoms with Crippen molar-refractivity contribution in [3.05, 3.63) is 42.0 Å². The molecule has 2 saturated heterocycles. The molecule has 2 fully saturated rings.